The van der Waals surface area contributed by atoms with Crippen LogP contribution in [-0.4, -0.2) is 5.11 Å². The van der Waals surface area contributed by atoms with Crippen molar-refractivity contribution in [3.8, 4) is 5.75 Å². The van der Waals surface area contributed by atoms with Crippen molar-refractivity contribution in [1.82, 2.24) is 0 Å². The van der Waals surface area contributed by atoms with E-state index < -0.39 is 0 Å². The average Bonchev–Trinajstić information content (AvgIpc) is 1.69. The number of para-hydroxylation sites is 1. The summed E-state index contributed by atoms with van der Waals surface area (Å²) in [5, 5.41) is 8.63. The minimum absolute atomic E-state index is 0. The Bertz CT molecular complexity index is 143. The number of rotatable bonds is 0. The van der Waals surface area contributed by atoms with Crippen LogP contribution in [0.5, 0.6) is 5.75 Å². The number of halogens is 3. The van der Waals surface area contributed by atoms with Crippen LogP contribution >= 0.6 is 37.2 Å². The van der Waals surface area contributed by atoms with E-state index >= 15 is 0 Å². The lowest BCUT2D eigenvalue weighted by Crippen LogP contribution is -1.56. The summed E-state index contributed by atoms with van der Waals surface area (Å²) in [6.07, 6.45) is 0. The molecule has 1 N–H and O–H groups in total. The van der Waals surface area contributed by atoms with E-state index in [4.69, 9.17) is 5.11 Å². The Hall–Kier alpha value is -0.110. The maximum Gasteiger partial charge on any atom is 0.115 e. The van der Waals surface area contributed by atoms with E-state index in [0.29, 0.717) is 5.75 Å². The first-order valence-corrected chi connectivity index (χ1v) is 2.13. The fraction of sp³-hybridized carbons (Fsp3) is 0. The number of hydrogen-bond donors (Lipinski definition) is 1. The number of benzene rings is 1. The minimum Gasteiger partial charge on any atom is -0.508 e. The van der Waals surface area contributed by atoms with Gasteiger partial charge in [0.25, 0.3) is 0 Å². The highest BCUT2D eigenvalue weighted by Gasteiger charge is 1.74. The molecule has 0 atom stereocenters. The van der Waals surface area contributed by atoms with Gasteiger partial charge in [0.1, 0.15) is 5.75 Å². The molecule has 0 saturated carbocycles. The first-order chi connectivity index (χ1) is 3.39. The van der Waals surface area contributed by atoms with Crippen LogP contribution in [0.3, 0.4) is 0 Å². The van der Waals surface area contributed by atoms with E-state index in [-0.39, 0.29) is 37.2 Å². The number of phenols is 1. The first-order valence-electron chi connectivity index (χ1n) is 2.13. The summed E-state index contributed by atoms with van der Waals surface area (Å²) in [4.78, 5) is 0. The predicted molar refractivity (Wildman–Crippen MR) is 49.9 cm³/mol. The standard InChI is InChI=1S/C6H6O.3ClH/c7-6-4-2-1-3-5-6;;;/h1-5,7H;3*1H. The lowest BCUT2D eigenvalue weighted by molar-refractivity contribution is 0.475. The molecule has 4 heteroatoms. The molecule has 0 heterocycles. The van der Waals surface area contributed by atoms with Crippen LogP contribution in [0.15, 0.2) is 30.3 Å². The van der Waals surface area contributed by atoms with Crippen LogP contribution in [-0.2, 0) is 0 Å². The molecular formula is C6H9Cl3O. The molecule has 0 aliphatic rings. The Labute approximate surface area is 78.7 Å². The minimum atomic E-state index is 0. The van der Waals surface area contributed by atoms with Crippen molar-refractivity contribution in [3.05, 3.63) is 30.3 Å². The van der Waals surface area contributed by atoms with E-state index in [1.54, 1.807) is 24.3 Å². The molecule has 0 aromatic heterocycles. The van der Waals surface area contributed by atoms with Crippen LogP contribution in [0.25, 0.3) is 0 Å². The first kappa shape index (κ1) is 16.5. The molecule has 0 fully saturated rings. The molecule has 0 bridgehead atoms. The van der Waals surface area contributed by atoms with Crippen molar-refractivity contribution in [2.75, 3.05) is 0 Å². The van der Waals surface area contributed by atoms with Crippen LogP contribution < -0.4 is 0 Å². The van der Waals surface area contributed by atoms with Gasteiger partial charge in [-0.15, -0.1) is 37.2 Å². The molecule has 0 saturated heterocycles. The van der Waals surface area contributed by atoms with Gasteiger partial charge < -0.3 is 5.11 Å². The lowest BCUT2D eigenvalue weighted by Gasteiger charge is -1.82. The van der Waals surface area contributed by atoms with E-state index in [1.807, 2.05) is 6.07 Å². The van der Waals surface area contributed by atoms with Gasteiger partial charge >= 0.3 is 0 Å². The summed E-state index contributed by atoms with van der Waals surface area (Å²) >= 11 is 0. The van der Waals surface area contributed by atoms with Gasteiger partial charge in [0.05, 0.1) is 0 Å². The van der Waals surface area contributed by atoms with E-state index in [0.717, 1.165) is 0 Å². The second kappa shape index (κ2) is 8.89. The van der Waals surface area contributed by atoms with Crippen molar-refractivity contribution in [1.29, 1.82) is 0 Å². The smallest absolute Gasteiger partial charge is 0.115 e. The highest BCUT2D eigenvalue weighted by molar-refractivity contribution is 5.86. The zero-order valence-electron chi connectivity index (χ0n) is 5.06. The van der Waals surface area contributed by atoms with Gasteiger partial charge in [-0.1, -0.05) is 18.2 Å². The normalized spacial score (nSPS) is 6.00. The van der Waals surface area contributed by atoms with E-state index in [1.165, 1.54) is 0 Å². The van der Waals surface area contributed by atoms with Gasteiger partial charge in [-0.3, -0.25) is 0 Å². The van der Waals surface area contributed by atoms with Crippen molar-refractivity contribution < 1.29 is 5.11 Å². The Morgan fingerprint density at radius 1 is 0.800 bits per heavy atom. The van der Waals surface area contributed by atoms with Gasteiger partial charge in [0, 0.05) is 0 Å². The maximum atomic E-state index is 8.63. The molecule has 0 aliphatic carbocycles. The average molecular weight is 203 g/mol. The third-order valence-corrected chi connectivity index (χ3v) is 0.756. The molecule has 0 aliphatic heterocycles. The summed E-state index contributed by atoms with van der Waals surface area (Å²) in [7, 11) is 0. The fourth-order valence-electron chi connectivity index (χ4n) is 0.428. The van der Waals surface area contributed by atoms with E-state index in [2.05, 4.69) is 0 Å². The van der Waals surface area contributed by atoms with E-state index in [9.17, 15) is 0 Å². The monoisotopic (exact) mass is 202 g/mol. The van der Waals surface area contributed by atoms with Crippen molar-refractivity contribution in [3.63, 3.8) is 0 Å². The summed E-state index contributed by atoms with van der Waals surface area (Å²) in [5.74, 6) is 0.322. The molecule has 0 amide bonds. The highest BCUT2D eigenvalue weighted by atomic mass is 35.5. The van der Waals surface area contributed by atoms with Crippen molar-refractivity contribution in [2.45, 2.75) is 0 Å². The number of aromatic hydroxyl groups is 1. The molecule has 0 unspecified atom stereocenters. The Morgan fingerprint density at radius 2 is 1.20 bits per heavy atom. The SMILES string of the molecule is Cl.Cl.Cl.Oc1ccccc1. The van der Waals surface area contributed by atoms with Gasteiger partial charge in [0.15, 0.2) is 0 Å². The molecule has 60 valence electrons. The summed E-state index contributed by atoms with van der Waals surface area (Å²) in [6, 6.07) is 8.71. The number of phenolic OH excluding ortho intramolecular Hbond substituents is 1. The molecule has 10 heavy (non-hydrogen) atoms. The zero-order chi connectivity index (χ0) is 5.11. The Morgan fingerprint density at radius 3 is 1.40 bits per heavy atom. The summed E-state index contributed by atoms with van der Waals surface area (Å²) in [5.41, 5.74) is 0. The van der Waals surface area contributed by atoms with Gasteiger partial charge in [0.2, 0.25) is 0 Å². The molecule has 0 spiro atoms. The fourth-order valence-corrected chi connectivity index (χ4v) is 0.428. The Kier molecular flexibility index (Phi) is 14.6. The van der Waals surface area contributed by atoms with Gasteiger partial charge in [-0.2, -0.15) is 0 Å². The van der Waals surface area contributed by atoms with Crippen molar-refractivity contribution >= 4 is 37.2 Å². The zero-order valence-corrected chi connectivity index (χ0v) is 7.51. The molecule has 1 aromatic rings. The molecule has 0 radical (unpaired) electrons. The number of hydrogen-bond acceptors (Lipinski definition) is 1. The topological polar surface area (TPSA) is 20.2 Å². The molecular weight excluding hydrogens is 194 g/mol. The van der Waals surface area contributed by atoms with Crippen LogP contribution in [0, 0.1) is 0 Å². The van der Waals surface area contributed by atoms with Crippen LogP contribution in [0.4, 0.5) is 0 Å². The lowest BCUT2D eigenvalue weighted by atomic mass is 10.3. The summed E-state index contributed by atoms with van der Waals surface area (Å²) in [6.45, 7) is 0. The third-order valence-electron chi connectivity index (χ3n) is 0.756. The van der Waals surface area contributed by atoms with Crippen LogP contribution in [0.1, 0.15) is 0 Å². The highest BCUT2D eigenvalue weighted by Crippen LogP contribution is 2.02. The third kappa shape index (κ3) is 6.02. The largest absolute Gasteiger partial charge is 0.508 e. The molecule has 1 nitrogen and oxygen atoms in total. The van der Waals surface area contributed by atoms with Gasteiger partial charge in [-0.05, 0) is 12.1 Å². The second-order valence-corrected chi connectivity index (χ2v) is 1.34. The van der Waals surface area contributed by atoms with Gasteiger partial charge in [-0.25, -0.2) is 0 Å². The Balaban J connectivity index is -0.000000163. The maximum absolute atomic E-state index is 8.63. The molecule has 1 rings (SSSR count). The van der Waals surface area contributed by atoms with Crippen molar-refractivity contribution in [2.24, 2.45) is 0 Å². The van der Waals surface area contributed by atoms with Crippen LogP contribution in [0.2, 0.25) is 0 Å². The summed E-state index contributed by atoms with van der Waals surface area (Å²) < 4.78 is 0. The molecule has 1 aromatic carbocycles. The second-order valence-electron chi connectivity index (χ2n) is 1.34. The predicted octanol–water partition coefficient (Wildman–Crippen LogP) is 2.66. The quantitative estimate of drug-likeness (QED) is 0.687.